The maximum absolute atomic E-state index is 12.2. The zero-order valence-electron chi connectivity index (χ0n) is 15.5. The number of rotatable bonds is 6. The molecule has 1 heterocycles. The number of anilines is 1. The molecule has 0 aliphatic heterocycles. The predicted octanol–water partition coefficient (Wildman–Crippen LogP) is 3.36. The van der Waals surface area contributed by atoms with Crippen LogP contribution in [0.5, 0.6) is 5.75 Å². The molecule has 1 aromatic heterocycles. The number of benzene rings is 2. The van der Waals surface area contributed by atoms with Crippen molar-refractivity contribution in [3.05, 3.63) is 81.1 Å². The highest BCUT2D eigenvalue weighted by atomic mass is 19.4. The minimum absolute atomic E-state index is 0.108. The molecular weight excluding hydrogens is 421 g/mol. The van der Waals surface area contributed by atoms with E-state index in [9.17, 15) is 32.9 Å². The number of nitrogens with zero attached hydrogens (tertiary/aromatic N) is 3. The van der Waals surface area contributed by atoms with Crippen LogP contribution in [0.3, 0.4) is 0 Å². The highest BCUT2D eigenvalue weighted by molar-refractivity contribution is 5.90. The number of nitro groups is 1. The number of carbonyl (C=O) groups excluding carboxylic acids is 1. The number of ether oxygens (including phenoxy) is 1. The van der Waals surface area contributed by atoms with Crippen molar-refractivity contribution in [1.82, 2.24) is 9.78 Å². The maximum atomic E-state index is 12.2. The first kappa shape index (κ1) is 21.5. The fraction of sp³-hybridized carbons (Fsp3) is 0.105. The van der Waals surface area contributed by atoms with Gasteiger partial charge in [0, 0.05) is 29.4 Å². The molecule has 0 bridgehead atoms. The molecule has 0 saturated heterocycles. The van der Waals surface area contributed by atoms with E-state index in [1.54, 1.807) is 0 Å². The van der Waals surface area contributed by atoms with Crippen LogP contribution < -0.4 is 15.6 Å². The summed E-state index contributed by atoms with van der Waals surface area (Å²) >= 11 is 0. The fourth-order valence-corrected chi connectivity index (χ4v) is 2.55. The topological polar surface area (TPSA) is 116 Å². The highest BCUT2D eigenvalue weighted by Gasteiger charge is 2.30. The lowest BCUT2D eigenvalue weighted by atomic mass is 10.1. The van der Waals surface area contributed by atoms with Crippen molar-refractivity contribution >= 4 is 17.3 Å². The Labute approximate surface area is 171 Å². The van der Waals surface area contributed by atoms with E-state index in [1.165, 1.54) is 48.5 Å². The third-order valence-electron chi connectivity index (χ3n) is 3.91. The van der Waals surface area contributed by atoms with Crippen LogP contribution in [0.4, 0.5) is 24.5 Å². The Hall–Kier alpha value is -4.22. The van der Waals surface area contributed by atoms with Gasteiger partial charge in [-0.2, -0.15) is 5.10 Å². The number of aromatic nitrogens is 2. The Balaban J connectivity index is 1.70. The molecule has 0 fully saturated rings. The number of non-ortho nitro benzene ring substituents is 1. The van der Waals surface area contributed by atoms with Crippen molar-refractivity contribution in [3.63, 3.8) is 0 Å². The number of alkyl halides is 3. The lowest BCUT2D eigenvalue weighted by Gasteiger charge is -2.10. The van der Waals surface area contributed by atoms with Crippen LogP contribution in [-0.4, -0.2) is 27.0 Å². The predicted molar refractivity (Wildman–Crippen MR) is 102 cm³/mol. The van der Waals surface area contributed by atoms with Crippen LogP contribution in [-0.2, 0) is 11.3 Å². The molecule has 0 saturated carbocycles. The minimum atomic E-state index is -4.83. The molecule has 0 unspecified atom stereocenters. The molecule has 2 aromatic carbocycles. The van der Waals surface area contributed by atoms with Gasteiger partial charge in [-0.05, 0) is 42.5 Å². The zero-order chi connectivity index (χ0) is 22.6. The Morgan fingerprint density at radius 3 is 2.29 bits per heavy atom. The van der Waals surface area contributed by atoms with E-state index in [0.717, 1.165) is 16.8 Å². The van der Waals surface area contributed by atoms with Gasteiger partial charge in [0.15, 0.2) is 0 Å². The van der Waals surface area contributed by atoms with Crippen LogP contribution in [0.15, 0.2) is 65.5 Å². The number of nitro benzene ring substituents is 1. The Morgan fingerprint density at radius 1 is 1.06 bits per heavy atom. The second-order valence-corrected chi connectivity index (χ2v) is 6.14. The van der Waals surface area contributed by atoms with E-state index in [-0.39, 0.29) is 11.4 Å². The molecule has 31 heavy (non-hydrogen) atoms. The summed E-state index contributed by atoms with van der Waals surface area (Å²) in [6.45, 7) is -0.458. The quantitative estimate of drug-likeness (QED) is 0.470. The van der Waals surface area contributed by atoms with Gasteiger partial charge in [-0.25, -0.2) is 4.68 Å². The molecule has 0 radical (unpaired) electrons. The van der Waals surface area contributed by atoms with Crippen molar-refractivity contribution < 1.29 is 27.6 Å². The summed E-state index contributed by atoms with van der Waals surface area (Å²) in [7, 11) is 0. The van der Waals surface area contributed by atoms with Gasteiger partial charge < -0.3 is 10.1 Å². The average Bonchev–Trinajstić information content (AvgIpc) is 2.70. The smallest absolute Gasteiger partial charge is 0.406 e. The van der Waals surface area contributed by atoms with E-state index in [4.69, 9.17) is 0 Å². The SMILES string of the molecule is O=C(Cn1nc(-c2ccc([N+](=O)[O-])cc2)ccc1=O)Nc1ccc(OC(F)(F)F)cc1. The Morgan fingerprint density at radius 2 is 1.71 bits per heavy atom. The van der Waals surface area contributed by atoms with E-state index >= 15 is 0 Å². The van der Waals surface area contributed by atoms with Gasteiger partial charge in [-0.3, -0.25) is 19.7 Å². The van der Waals surface area contributed by atoms with Crippen molar-refractivity contribution in [3.8, 4) is 17.0 Å². The van der Waals surface area contributed by atoms with Crippen molar-refractivity contribution in [2.45, 2.75) is 12.9 Å². The summed E-state index contributed by atoms with van der Waals surface area (Å²) in [5.74, 6) is -1.08. The Bertz CT molecular complexity index is 1160. The van der Waals surface area contributed by atoms with E-state index in [0.29, 0.717) is 11.3 Å². The number of halogens is 3. The molecule has 0 aliphatic carbocycles. The molecule has 3 aromatic rings. The van der Waals surface area contributed by atoms with Crippen LogP contribution >= 0.6 is 0 Å². The van der Waals surface area contributed by atoms with Crippen LogP contribution in [0.1, 0.15) is 0 Å². The van der Waals surface area contributed by atoms with E-state index in [1.807, 2.05) is 0 Å². The third kappa shape index (κ3) is 5.88. The van der Waals surface area contributed by atoms with Crippen molar-refractivity contribution in [1.29, 1.82) is 0 Å². The number of nitrogens with one attached hydrogen (secondary N) is 1. The highest BCUT2D eigenvalue weighted by Crippen LogP contribution is 2.24. The maximum Gasteiger partial charge on any atom is 0.573 e. The van der Waals surface area contributed by atoms with Crippen LogP contribution in [0.2, 0.25) is 0 Å². The molecule has 1 N–H and O–H groups in total. The lowest BCUT2D eigenvalue weighted by Crippen LogP contribution is -2.29. The molecule has 0 spiro atoms. The number of hydrogen-bond acceptors (Lipinski definition) is 6. The van der Waals surface area contributed by atoms with Gasteiger partial charge in [0.2, 0.25) is 5.91 Å². The first-order valence-electron chi connectivity index (χ1n) is 8.59. The first-order valence-corrected chi connectivity index (χ1v) is 8.59. The molecule has 0 aliphatic rings. The number of carbonyl (C=O) groups is 1. The summed E-state index contributed by atoms with van der Waals surface area (Å²) in [4.78, 5) is 34.4. The lowest BCUT2D eigenvalue weighted by molar-refractivity contribution is -0.384. The number of amides is 1. The largest absolute Gasteiger partial charge is 0.573 e. The fourth-order valence-electron chi connectivity index (χ4n) is 2.55. The van der Waals surface area contributed by atoms with E-state index in [2.05, 4.69) is 15.2 Å². The second-order valence-electron chi connectivity index (χ2n) is 6.14. The summed E-state index contributed by atoms with van der Waals surface area (Å²) < 4.78 is 41.2. The van der Waals surface area contributed by atoms with Gasteiger partial charge in [-0.1, -0.05) is 0 Å². The average molecular weight is 434 g/mol. The third-order valence-corrected chi connectivity index (χ3v) is 3.91. The van der Waals surface area contributed by atoms with Gasteiger partial charge in [0.25, 0.3) is 11.2 Å². The summed E-state index contributed by atoms with van der Waals surface area (Å²) in [6.07, 6.45) is -4.83. The molecular formula is C19H13F3N4O5. The minimum Gasteiger partial charge on any atom is -0.406 e. The summed E-state index contributed by atoms with van der Waals surface area (Å²) in [5, 5.41) is 17.3. The second kappa shape index (κ2) is 8.65. The van der Waals surface area contributed by atoms with Gasteiger partial charge in [0.1, 0.15) is 12.3 Å². The van der Waals surface area contributed by atoms with Gasteiger partial charge in [-0.15, -0.1) is 13.2 Å². The van der Waals surface area contributed by atoms with Crippen molar-refractivity contribution in [2.75, 3.05) is 5.32 Å². The molecule has 0 atom stereocenters. The number of hydrogen-bond donors (Lipinski definition) is 1. The van der Waals surface area contributed by atoms with Crippen LogP contribution in [0, 0.1) is 10.1 Å². The molecule has 160 valence electrons. The monoisotopic (exact) mass is 434 g/mol. The van der Waals surface area contributed by atoms with Gasteiger partial charge >= 0.3 is 6.36 Å². The summed E-state index contributed by atoms with van der Waals surface area (Å²) in [6, 6.07) is 12.6. The molecule has 9 nitrogen and oxygen atoms in total. The molecule has 12 heteroatoms. The first-order chi connectivity index (χ1) is 14.6. The van der Waals surface area contributed by atoms with E-state index < -0.39 is 35.0 Å². The summed E-state index contributed by atoms with van der Waals surface area (Å²) in [5.41, 5.74) is 0.341. The normalized spacial score (nSPS) is 11.1. The Kier molecular flexibility index (Phi) is 6.00. The van der Waals surface area contributed by atoms with Crippen LogP contribution in [0.25, 0.3) is 11.3 Å². The molecule has 3 rings (SSSR count). The zero-order valence-corrected chi connectivity index (χ0v) is 15.5. The van der Waals surface area contributed by atoms with Crippen molar-refractivity contribution in [2.24, 2.45) is 0 Å². The van der Waals surface area contributed by atoms with Gasteiger partial charge in [0.05, 0.1) is 10.6 Å². The molecule has 1 amide bonds. The standard InChI is InChI=1S/C19H13F3N4O5/c20-19(21,22)31-15-7-3-13(4-8-15)23-17(27)11-25-18(28)10-9-16(24-25)12-1-5-14(6-2-12)26(29)30/h1-10H,11H2,(H,23,27).